The average Bonchev–Trinajstić information content (AvgIpc) is 1.61. The van der Waals surface area contributed by atoms with Gasteiger partial charge in [0.05, 0.1) is 0 Å². The van der Waals surface area contributed by atoms with E-state index in [4.69, 9.17) is 0 Å². The lowest BCUT2D eigenvalue weighted by atomic mass is 10.3. The van der Waals surface area contributed by atoms with Crippen LogP contribution in [0.5, 0.6) is 0 Å². The summed E-state index contributed by atoms with van der Waals surface area (Å²) >= 11 is 0. The lowest BCUT2D eigenvalue weighted by Gasteiger charge is -2.05. The standard InChI is InChI=1S/C4H11P.C4H10/c1-4(2,3)5;1-3-4-2/h5H2,1-3H3;3-4H2,1-2H3. The first-order valence-electron chi connectivity index (χ1n) is 3.70. The van der Waals surface area contributed by atoms with Crippen LogP contribution in [0.2, 0.25) is 0 Å². The molecule has 0 aromatic carbocycles. The second kappa shape index (κ2) is 6.55. The van der Waals surface area contributed by atoms with Crippen LogP contribution in [0, 0.1) is 0 Å². The molecule has 0 radical (unpaired) electrons. The predicted molar refractivity (Wildman–Crippen MR) is 50.0 cm³/mol. The van der Waals surface area contributed by atoms with Crippen molar-refractivity contribution < 1.29 is 0 Å². The van der Waals surface area contributed by atoms with Gasteiger partial charge >= 0.3 is 0 Å². The third kappa shape index (κ3) is 170. The average molecular weight is 148 g/mol. The minimum Gasteiger partial charge on any atom is -0.132 e. The van der Waals surface area contributed by atoms with Gasteiger partial charge in [0.25, 0.3) is 0 Å². The monoisotopic (exact) mass is 148 g/mol. The van der Waals surface area contributed by atoms with Crippen LogP contribution in [-0.2, 0) is 0 Å². The third-order valence-corrected chi connectivity index (χ3v) is 0.500. The van der Waals surface area contributed by atoms with Gasteiger partial charge in [-0.15, -0.1) is 9.24 Å². The summed E-state index contributed by atoms with van der Waals surface area (Å²) in [7, 11) is 2.72. The summed E-state index contributed by atoms with van der Waals surface area (Å²) in [5, 5.41) is 0.417. The zero-order valence-electron chi connectivity index (χ0n) is 7.49. The molecule has 0 N–H and O–H groups in total. The molecule has 58 valence electrons. The van der Waals surface area contributed by atoms with E-state index in [1.165, 1.54) is 12.8 Å². The topological polar surface area (TPSA) is 0 Å². The van der Waals surface area contributed by atoms with Gasteiger partial charge in [0, 0.05) is 0 Å². The maximum atomic E-state index is 2.72. The predicted octanol–water partition coefficient (Wildman–Crippen LogP) is 3.47. The Balaban J connectivity index is 0. The van der Waals surface area contributed by atoms with E-state index in [2.05, 4.69) is 43.9 Å². The molecule has 1 unspecified atom stereocenters. The number of unbranched alkanes of at least 4 members (excludes halogenated alkanes) is 1. The number of rotatable bonds is 1. The molecule has 0 saturated carbocycles. The summed E-state index contributed by atoms with van der Waals surface area (Å²) in [5.41, 5.74) is 0. The first kappa shape index (κ1) is 12.1. The van der Waals surface area contributed by atoms with Crippen LogP contribution < -0.4 is 0 Å². The molecule has 0 aromatic rings. The highest BCUT2D eigenvalue weighted by molar-refractivity contribution is 7.18. The van der Waals surface area contributed by atoms with E-state index in [0.29, 0.717) is 5.16 Å². The molecule has 0 saturated heterocycles. The largest absolute Gasteiger partial charge is 0.132 e. The van der Waals surface area contributed by atoms with Crippen molar-refractivity contribution in [3.8, 4) is 0 Å². The Morgan fingerprint density at radius 1 is 1.00 bits per heavy atom. The fraction of sp³-hybridized carbons (Fsp3) is 1.00. The maximum Gasteiger partial charge on any atom is -0.0235 e. The van der Waals surface area contributed by atoms with Crippen molar-refractivity contribution in [2.75, 3.05) is 0 Å². The SMILES string of the molecule is CC(C)(C)P.CCCC. The van der Waals surface area contributed by atoms with Crippen LogP contribution >= 0.6 is 9.24 Å². The van der Waals surface area contributed by atoms with E-state index in [9.17, 15) is 0 Å². The molecule has 0 heterocycles. The molecule has 0 amide bonds. The van der Waals surface area contributed by atoms with Crippen LogP contribution in [0.15, 0.2) is 0 Å². The van der Waals surface area contributed by atoms with Crippen LogP contribution in [0.1, 0.15) is 47.5 Å². The molecule has 1 atom stereocenters. The Kier molecular flexibility index (Phi) is 8.83. The molecule has 0 aliphatic rings. The van der Waals surface area contributed by atoms with Crippen molar-refractivity contribution >= 4 is 9.24 Å². The molecular weight excluding hydrogens is 127 g/mol. The second-order valence-electron chi connectivity index (χ2n) is 3.37. The summed E-state index contributed by atoms with van der Waals surface area (Å²) < 4.78 is 0. The third-order valence-electron chi connectivity index (χ3n) is 0.500. The first-order valence-corrected chi connectivity index (χ1v) is 4.28. The van der Waals surface area contributed by atoms with Gasteiger partial charge in [-0.1, -0.05) is 47.5 Å². The summed E-state index contributed by atoms with van der Waals surface area (Å²) in [4.78, 5) is 0. The zero-order chi connectivity index (χ0) is 7.91. The minimum atomic E-state index is 0.417. The molecule has 0 aliphatic heterocycles. The van der Waals surface area contributed by atoms with Gasteiger partial charge in [-0.05, 0) is 5.16 Å². The van der Waals surface area contributed by atoms with Gasteiger partial charge in [-0.2, -0.15) is 0 Å². The van der Waals surface area contributed by atoms with Crippen molar-refractivity contribution in [1.82, 2.24) is 0 Å². The van der Waals surface area contributed by atoms with E-state index in [-0.39, 0.29) is 0 Å². The summed E-state index contributed by atoms with van der Waals surface area (Å²) in [6.45, 7) is 10.8. The van der Waals surface area contributed by atoms with Crippen molar-refractivity contribution in [2.45, 2.75) is 52.6 Å². The van der Waals surface area contributed by atoms with Gasteiger partial charge in [0.15, 0.2) is 0 Å². The van der Waals surface area contributed by atoms with Crippen LogP contribution in [0.3, 0.4) is 0 Å². The molecule has 0 spiro atoms. The van der Waals surface area contributed by atoms with Crippen molar-refractivity contribution in [3.63, 3.8) is 0 Å². The highest BCUT2D eigenvalue weighted by Gasteiger charge is 1.95. The van der Waals surface area contributed by atoms with E-state index in [1.807, 2.05) is 0 Å². The fourth-order valence-electron chi connectivity index (χ4n) is 0. The van der Waals surface area contributed by atoms with Gasteiger partial charge in [0.2, 0.25) is 0 Å². The van der Waals surface area contributed by atoms with E-state index in [0.717, 1.165) is 0 Å². The molecule has 0 fully saturated rings. The number of hydrogen-bond acceptors (Lipinski definition) is 0. The van der Waals surface area contributed by atoms with Gasteiger partial charge in [-0.25, -0.2) is 0 Å². The summed E-state index contributed by atoms with van der Waals surface area (Å²) in [5.74, 6) is 0. The van der Waals surface area contributed by atoms with Crippen molar-refractivity contribution in [1.29, 1.82) is 0 Å². The summed E-state index contributed by atoms with van der Waals surface area (Å²) in [6.07, 6.45) is 2.64. The molecule has 0 rings (SSSR count). The molecule has 0 aromatic heterocycles. The van der Waals surface area contributed by atoms with E-state index >= 15 is 0 Å². The molecule has 0 aliphatic carbocycles. The van der Waals surface area contributed by atoms with Gasteiger partial charge < -0.3 is 0 Å². The van der Waals surface area contributed by atoms with Crippen LogP contribution in [0.4, 0.5) is 0 Å². The molecule has 0 nitrogen and oxygen atoms in total. The van der Waals surface area contributed by atoms with Crippen molar-refractivity contribution in [2.24, 2.45) is 0 Å². The lowest BCUT2D eigenvalue weighted by molar-refractivity contribution is 0.804. The van der Waals surface area contributed by atoms with E-state index < -0.39 is 0 Å². The highest BCUT2D eigenvalue weighted by atomic mass is 31.0. The Bertz CT molecular complexity index is 35.0. The molecular formula is C8H21P. The first-order chi connectivity index (χ1) is 3.91. The zero-order valence-corrected chi connectivity index (χ0v) is 8.65. The summed E-state index contributed by atoms with van der Waals surface area (Å²) in [6, 6.07) is 0. The Morgan fingerprint density at radius 3 is 1.11 bits per heavy atom. The second-order valence-corrected chi connectivity index (χ2v) is 5.10. The lowest BCUT2D eigenvalue weighted by Crippen LogP contribution is -1.97. The Labute approximate surface area is 62.6 Å². The molecule has 9 heavy (non-hydrogen) atoms. The fourth-order valence-corrected chi connectivity index (χ4v) is 0. The van der Waals surface area contributed by atoms with E-state index in [1.54, 1.807) is 0 Å². The highest BCUT2D eigenvalue weighted by Crippen LogP contribution is 2.12. The molecule has 0 bridgehead atoms. The maximum absolute atomic E-state index is 2.72. The Hall–Kier alpha value is 0.430. The smallest absolute Gasteiger partial charge is 0.0235 e. The van der Waals surface area contributed by atoms with Crippen molar-refractivity contribution in [3.05, 3.63) is 0 Å². The van der Waals surface area contributed by atoms with Gasteiger partial charge in [-0.3, -0.25) is 0 Å². The van der Waals surface area contributed by atoms with Gasteiger partial charge in [0.1, 0.15) is 0 Å². The Morgan fingerprint density at radius 2 is 1.11 bits per heavy atom. The van der Waals surface area contributed by atoms with Crippen LogP contribution in [0.25, 0.3) is 0 Å². The quantitative estimate of drug-likeness (QED) is 0.499. The molecule has 1 heteroatoms. The number of hydrogen-bond donors (Lipinski definition) is 0. The normalized spacial score (nSPS) is 10.0. The van der Waals surface area contributed by atoms with Crippen LogP contribution in [-0.4, -0.2) is 5.16 Å². The minimum absolute atomic E-state index is 0.417.